The predicted molar refractivity (Wildman–Crippen MR) is 233 cm³/mol. The minimum atomic E-state index is -0.421. The van der Waals surface area contributed by atoms with E-state index < -0.39 is 5.41 Å². The average molecular weight is 693 g/mol. The Morgan fingerprint density at radius 3 is 1.07 bits per heavy atom. The second-order valence-electron chi connectivity index (χ2n) is 15.5. The Hall–Kier alpha value is -7.02. The van der Waals surface area contributed by atoms with E-state index in [0.29, 0.717) is 0 Å². The van der Waals surface area contributed by atoms with Crippen LogP contribution in [-0.4, -0.2) is 0 Å². The molecule has 0 unspecified atom stereocenters. The molecule has 0 saturated carbocycles. The van der Waals surface area contributed by atoms with Gasteiger partial charge < -0.3 is 0 Å². The summed E-state index contributed by atoms with van der Waals surface area (Å²) < 4.78 is 0. The first-order valence-corrected chi connectivity index (χ1v) is 19.3. The Bertz CT molecular complexity index is 3410. The normalized spacial score (nSPS) is 13.6. The molecule has 55 heavy (non-hydrogen) atoms. The lowest BCUT2D eigenvalue weighted by molar-refractivity contribution is 0.795. The fourth-order valence-corrected chi connectivity index (χ4v) is 10.8. The fourth-order valence-electron chi connectivity index (χ4n) is 10.8. The number of rotatable bonds is 1. The van der Waals surface area contributed by atoms with Gasteiger partial charge in [-0.2, -0.15) is 0 Å². The van der Waals surface area contributed by atoms with Crippen LogP contribution in [0.3, 0.4) is 0 Å². The lowest BCUT2D eigenvalue weighted by atomic mass is 9.70. The van der Waals surface area contributed by atoms with Gasteiger partial charge in [-0.1, -0.05) is 170 Å². The summed E-state index contributed by atoms with van der Waals surface area (Å²) in [6.07, 6.45) is 0. The number of fused-ring (bicyclic) bond motifs is 22. The maximum absolute atomic E-state index is 2.56. The van der Waals surface area contributed by atoms with Crippen LogP contribution in [0.4, 0.5) is 0 Å². The van der Waals surface area contributed by atoms with Crippen molar-refractivity contribution in [1.82, 2.24) is 0 Å². The fraction of sp³-hybridized carbons (Fsp3) is 0.0182. The second kappa shape index (κ2) is 10.6. The van der Waals surface area contributed by atoms with Crippen LogP contribution in [0.5, 0.6) is 0 Å². The molecule has 0 bridgehead atoms. The lowest BCUT2D eigenvalue weighted by Crippen LogP contribution is -2.25. The molecule has 11 aromatic carbocycles. The third kappa shape index (κ3) is 3.67. The van der Waals surface area contributed by atoms with E-state index in [9.17, 15) is 0 Å². The van der Waals surface area contributed by atoms with E-state index >= 15 is 0 Å². The van der Waals surface area contributed by atoms with E-state index in [1.54, 1.807) is 0 Å². The molecule has 2 aliphatic rings. The van der Waals surface area contributed by atoms with Crippen molar-refractivity contribution >= 4 is 64.6 Å². The number of benzene rings is 11. The molecular weight excluding hydrogens is 661 g/mol. The highest BCUT2D eigenvalue weighted by molar-refractivity contribution is 6.27. The molecule has 0 amide bonds. The predicted octanol–water partition coefficient (Wildman–Crippen LogP) is 14.6. The van der Waals surface area contributed by atoms with E-state index in [2.05, 4.69) is 194 Å². The highest BCUT2D eigenvalue weighted by Gasteiger charge is 2.51. The molecular formula is C55H32. The second-order valence-corrected chi connectivity index (χ2v) is 15.5. The molecule has 252 valence electrons. The molecule has 2 aliphatic carbocycles. The summed E-state index contributed by atoms with van der Waals surface area (Å²) in [4.78, 5) is 0. The maximum atomic E-state index is 2.56. The largest absolute Gasteiger partial charge is 0.0725 e. The smallest absolute Gasteiger partial charge is 0.0619 e. The monoisotopic (exact) mass is 692 g/mol. The first kappa shape index (κ1) is 29.4. The third-order valence-electron chi connectivity index (χ3n) is 13.0. The van der Waals surface area contributed by atoms with Crippen molar-refractivity contribution in [2.75, 3.05) is 0 Å². The van der Waals surface area contributed by atoms with E-state index in [1.165, 1.54) is 120 Å². The summed E-state index contributed by atoms with van der Waals surface area (Å²) in [6, 6.07) is 73.4. The molecule has 13 rings (SSSR count). The Balaban J connectivity index is 1.15. The Morgan fingerprint density at radius 2 is 0.545 bits per heavy atom. The van der Waals surface area contributed by atoms with Crippen molar-refractivity contribution in [3.05, 3.63) is 216 Å². The number of hydrogen-bond donors (Lipinski definition) is 0. The summed E-state index contributed by atoms with van der Waals surface area (Å²) in [6.45, 7) is 0. The van der Waals surface area contributed by atoms with Gasteiger partial charge in [0.1, 0.15) is 0 Å². The molecule has 0 nitrogen and oxygen atoms in total. The summed E-state index contributed by atoms with van der Waals surface area (Å²) in [7, 11) is 0. The van der Waals surface area contributed by atoms with Crippen molar-refractivity contribution in [2.24, 2.45) is 0 Å². The van der Waals surface area contributed by atoms with Gasteiger partial charge in [0.2, 0.25) is 0 Å². The van der Waals surface area contributed by atoms with Gasteiger partial charge in [0, 0.05) is 0 Å². The molecule has 0 aliphatic heterocycles. The van der Waals surface area contributed by atoms with Crippen LogP contribution in [0.1, 0.15) is 22.3 Å². The summed E-state index contributed by atoms with van der Waals surface area (Å²) in [5, 5.41) is 15.7. The zero-order valence-corrected chi connectivity index (χ0v) is 30.0. The van der Waals surface area contributed by atoms with Gasteiger partial charge in [-0.05, 0) is 145 Å². The SMILES string of the molecule is c1ccc2c(c1)-c1ccccc1C21c2ccc(-c3ccc4c5ccccc5c5ccccc5c4c3)cc2-c2cc3c4ccccc4c4ccccc4c3cc21. The highest BCUT2D eigenvalue weighted by atomic mass is 14.5. The molecule has 0 saturated heterocycles. The van der Waals surface area contributed by atoms with E-state index in [1.807, 2.05) is 0 Å². The van der Waals surface area contributed by atoms with Gasteiger partial charge in [0.25, 0.3) is 0 Å². The molecule has 0 heterocycles. The minimum Gasteiger partial charge on any atom is -0.0619 e. The van der Waals surface area contributed by atoms with Crippen molar-refractivity contribution in [3.63, 3.8) is 0 Å². The van der Waals surface area contributed by atoms with Gasteiger partial charge in [0.05, 0.1) is 5.41 Å². The van der Waals surface area contributed by atoms with Crippen LogP contribution >= 0.6 is 0 Å². The van der Waals surface area contributed by atoms with Gasteiger partial charge in [0.15, 0.2) is 0 Å². The van der Waals surface area contributed by atoms with Crippen LogP contribution in [0.2, 0.25) is 0 Å². The van der Waals surface area contributed by atoms with E-state index in [0.717, 1.165) is 0 Å². The van der Waals surface area contributed by atoms with Crippen molar-refractivity contribution in [3.8, 4) is 33.4 Å². The Kier molecular flexibility index (Phi) is 5.65. The molecule has 0 atom stereocenters. The van der Waals surface area contributed by atoms with Crippen LogP contribution in [0.25, 0.3) is 98.0 Å². The molecule has 11 aromatic rings. The van der Waals surface area contributed by atoms with E-state index in [4.69, 9.17) is 0 Å². The van der Waals surface area contributed by atoms with Gasteiger partial charge in [-0.3, -0.25) is 0 Å². The zero-order valence-electron chi connectivity index (χ0n) is 30.0. The van der Waals surface area contributed by atoms with Gasteiger partial charge in [-0.15, -0.1) is 0 Å². The molecule has 0 N–H and O–H groups in total. The van der Waals surface area contributed by atoms with Crippen LogP contribution in [0, 0.1) is 0 Å². The summed E-state index contributed by atoms with van der Waals surface area (Å²) in [5.74, 6) is 0. The Labute approximate surface area is 318 Å². The molecule has 0 radical (unpaired) electrons. The average Bonchev–Trinajstić information content (AvgIpc) is 3.72. The lowest BCUT2D eigenvalue weighted by Gasteiger charge is -2.31. The first-order chi connectivity index (χ1) is 27.3. The third-order valence-corrected chi connectivity index (χ3v) is 13.0. The standard InChI is InChI=1S/C55H32/c1-2-17-39-35(13-1)36-14-3-6-18-40(36)46-29-33(25-27-43(39)46)34-26-28-53-49(30-34)50-31-47-41-19-7-4-15-37(41)38-16-5-8-20-42(38)48(47)32-54(50)55(53)51-23-11-9-21-44(51)45-22-10-12-24-52(45)55/h1-32H. The molecule has 0 fully saturated rings. The summed E-state index contributed by atoms with van der Waals surface area (Å²) in [5.41, 5.74) is 12.9. The van der Waals surface area contributed by atoms with Crippen LogP contribution < -0.4 is 0 Å². The minimum absolute atomic E-state index is 0.421. The van der Waals surface area contributed by atoms with Crippen molar-refractivity contribution < 1.29 is 0 Å². The molecule has 1 spiro atoms. The summed E-state index contributed by atoms with van der Waals surface area (Å²) >= 11 is 0. The van der Waals surface area contributed by atoms with Crippen LogP contribution in [0.15, 0.2) is 194 Å². The zero-order chi connectivity index (χ0) is 35.8. The first-order valence-electron chi connectivity index (χ1n) is 19.3. The quantitative estimate of drug-likeness (QED) is 0.150. The number of hydrogen-bond acceptors (Lipinski definition) is 0. The van der Waals surface area contributed by atoms with Crippen molar-refractivity contribution in [2.45, 2.75) is 5.41 Å². The molecule has 0 heteroatoms. The van der Waals surface area contributed by atoms with Crippen LogP contribution in [-0.2, 0) is 5.41 Å². The Morgan fingerprint density at radius 1 is 0.200 bits per heavy atom. The van der Waals surface area contributed by atoms with Gasteiger partial charge >= 0.3 is 0 Å². The van der Waals surface area contributed by atoms with E-state index in [-0.39, 0.29) is 0 Å². The maximum Gasteiger partial charge on any atom is 0.0725 e. The van der Waals surface area contributed by atoms with Crippen molar-refractivity contribution in [1.29, 1.82) is 0 Å². The highest BCUT2D eigenvalue weighted by Crippen LogP contribution is 2.64. The molecule has 0 aromatic heterocycles. The van der Waals surface area contributed by atoms with Gasteiger partial charge in [-0.25, -0.2) is 0 Å². The topological polar surface area (TPSA) is 0 Å².